The standard InChI is InChI=1S/C14H17FN4O/c1-3-11-12(16)13(18-17-11)14(20)19(4-2)10-7-5-6-9(15)8-10/h5-8H,3-4,16H2,1-2H3,(H,17,18). The summed E-state index contributed by atoms with van der Waals surface area (Å²) in [7, 11) is 0. The summed E-state index contributed by atoms with van der Waals surface area (Å²) in [6.45, 7) is 4.13. The Bertz CT molecular complexity index is 623. The highest BCUT2D eigenvalue weighted by Crippen LogP contribution is 2.21. The second kappa shape index (κ2) is 5.73. The first-order valence-corrected chi connectivity index (χ1v) is 6.48. The quantitative estimate of drug-likeness (QED) is 0.900. The molecule has 0 aliphatic carbocycles. The molecule has 20 heavy (non-hydrogen) atoms. The Morgan fingerprint density at radius 2 is 2.20 bits per heavy atom. The van der Waals surface area contributed by atoms with Crippen molar-refractivity contribution in [1.82, 2.24) is 10.2 Å². The number of hydrogen-bond acceptors (Lipinski definition) is 3. The van der Waals surface area contributed by atoms with Gasteiger partial charge in [0, 0.05) is 12.2 Å². The van der Waals surface area contributed by atoms with Gasteiger partial charge in [0.05, 0.1) is 11.4 Å². The van der Waals surface area contributed by atoms with Gasteiger partial charge in [0.25, 0.3) is 5.91 Å². The number of anilines is 2. The van der Waals surface area contributed by atoms with Crippen LogP contribution >= 0.6 is 0 Å². The number of nitrogens with zero attached hydrogens (tertiary/aromatic N) is 2. The fourth-order valence-electron chi connectivity index (χ4n) is 2.03. The summed E-state index contributed by atoms with van der Waals surface area (Å²) in [5.74, 6) is -0.732. The van der Waals surface area contributed by atoms with Crippen LogP contribution in [0.3, 0.4) is 0 Å². The molecule has 1 aromatic carbocycles. The van der Waals surface area contributed by atoms with Crippen LogP contribution in [-0.4, -0.2) is 22.6 Å². The third-order valence-corrected chi connectivity index (χ3v) is 3.12. The number of benzene rings is 1. The molecule has 0 atom stereocenters. The maximum Gasteiger partial charge on any atom is 0.280 e. The monoisotopic (exact) mass is 276 g/mol. The number of nitrogens with one attached hydrogen (secondary N) is 1. The van der Waals surface area contributed by atoms with Gasteiger partial charge in [-0.15, -0.1) is 0 Å². The molecule has 1 aromatic heterocycles. The van der Waals surface area contributed by atoms with E-state index < -0.39 is 5.82 Å². The summed E-state index contributed by atoms with van der Waals surface area (Å²) in [6.07, 6.45) is 0.665. The molecule has 0 fully saturated rings. The number of nitrogens with two attached hydrogens (primary N) is 1. The zero-order valence-corrected chi connectivity index (χ0v) is 11.5. The van der Waals surface area contributed by atoms with Crippen LogP contribution in [0.5, 0.6) is 0 Å². The van der Waals surface area contributed by atoms with Gasteiger partial charge in [-0.3, -0.25) is 9.89 Å². The second-order valence-corrected chi connectivity index (χ2v) is 4.35. The van der Waals surface area contributed by atoms with Gasteiger partial charge >= 0.3 is 0 Å². The lowest BCUT2D eigenvalue weighted by molar-refractivity contribution is 0.0984. The number of aromatic nitrogens is 2. The molecule has 0 aliphatic rings. The third kappa shape index (κ3) is 2.49. The Balaban J connectivity index is 2.36. The van der Waals surface area contributed by atoms with E-state index in [2.05, 4.69) is 10.2 Å². The van der Waals surface area contributed by atoms with Crippen molar-refractivity contribution in [2.24, 2.45) is 0 Å². The fraction of sp³-hybridized carbons (Fsp3) is 0.286. The lowest BCUT2D eigenvalue weighted by Crippen LogP contribution is -2.31. The molecule has 0 radical (unpaired) electrons. The van der Waals surface area contributed by atoms with Crippen LogP contribution in [0.4, 0.5) is 15.8 Å². The van der Waals surface area contributed by atoms with Gasteiger partial charge < -0.3 is 10.6 Å². The molecule has 0 aliphatic heterocycles. The summed E-state index contributed by atoms with van der Waals surface area (Å²) in [5.41, 5.74) is 7.64. The number of H-pyrrole nitrogens is 1. The molecule has 0 bridgehead atoms. The SMILES string of the molecule is CCc1[nH]nc(C(=O)N(CC)c2cccc(F)c2)c1N. The maximum absolute atomic E-state index is 13.3. The first kappa shape index (κ1) is 14.0. The molecule has 3 N–H and O–H groups in total. The number of aryl methyl sites for hydroxylation is 1. The van der Waals surface area contributed by atoms with Crippen molar-refractivity contribution in [3.05, 3.63) is 41.5 Å². The van der Waals surface area contributed by atoms with Crippen LogP contribution in [0.1, 0.15) is 30.0 Å². The van der Waals surface area contributed by atoms with E-state index in [4.69, 9.17) is 5.73 Å². The van der Waals surface area contributed by atoms with Crippen LogP contribution < -0.4 is 10.6 Å². The maximum atomic E-state index is 13.3. The van der Waals surface area contributed by atoms with Gasteiger partial charge in [0.1, 0.15) is 5.82 Å². The van der Waals surface area contributed by atoms with Gasteiger partial charge in [0.15, 0.2) is 5.69 Å². The van der Waals surface area contributed by atoms with Crippen molar-refractivity contribution in [2.45, 2.75) is 20.3 Å². The smallest absolute Gasteiger partial charge is 0.280 e. The number of amides is 1. The van der Waals surface area contributed by atoms with Crippen LogP contribution in [0, 0.1) is 5.82 Å². The number of aromatic amines is 1. The van der Waals surface area contributed by atoms with Crippen LogP contribution in [0.25, 0.3) is 0 Å². The average Bonchev–Trinajstić information content (AvgIpc) is 2.80. The Hall–Kier alpha value is -2.37. The molecule has 6 heteroatoms. The molecule has 0 saturated heterocycles. The Morgan fingerprint density at radius 3 is 2.75 bits per heavy atom. The van der Waals surface area contributed by atoms with Gasteiger partial charge in [-0.05, 0) is 31.5 Å². The normalized spacial score (nSPS) is 10.6. The van der Waals surface area contributed by atoms with E-state index in [1.54, 1.807) is 12.1 Å². The van der Waals surface area contributed by atoms with Crippen molar-refractivity contribution < 1.29 is 9.18 Å². The van der Waals surface area contributed by atoms with Crippen LogP contribution in [0.2, 0.25) is 0 Å². The molecular formula is C14H17FN4O. The van der Waals surface area contributed by atoms with Gasteiger partial charge in [-0.2, -0.15) is 5.10 Å². The summed E-state index contributed by atoms with van der Waals surface area (Å²) in [6, 6.07) is 5.88. The second-order valence-electron chi connectivity index (χ2n) is 4.35. The minimum absolute atomic E-state index is 0.174. The van der Waals surface area contributed by atoms with E-state index in [0.717, 1.165) is 5.69 Å². The van der Waals surface area contributed by atoms with Crippen molar-refractivity contribution in [2.75, 3.05) is 17.2 Å². The minimum Gasteiger partial charge on any atom is -0.395 e. The summed E-state index contributed by atoms with van der Waals surface area (Å²) < 4.78 is 13.3. The summed E-state index contributed by atoms with van der Waals surface area (Å²) in [5, 5.41) is 6.72. The molecule has 2 rings (SSSR count). The van der Waals surface area contributed by atoms with Crippen molar-refractivity contribution in [3.8, 4) is 0 Å². The fourth-order valence-corrected chi connectivity index (χ4v) is 2.03. The number of hydrogen-bond donors (Lipinski definition) is 2. The molecule has 0 saturated carbocycles. The number of halogens is 1. The van der Waals surface area contributed by atoms with E-state index in [9.17, 15) is 9.18 Å². The third-order valence-electron chi connectivity index (χ3n) is 3.12. The summed E-state index contributed by atoms with van der Waals surface area (Å²) >= 11 is 0. The van der Waals surface area contributed by atoms with E-state index in [1.165, 1.54) is 17.0 Å². The molecule has 1 heterocycles. The number of carbonyl (C=O) groups is 1. The Morgan fingerprint density at radius 1 is 1.45 bits per heavy atom. The Kier molecular flexibility index (Phi) is 4.02. The lowest BCUT2D eigenvalue weighted by Gasteiger charge is -2.20. The lowest BCUT2D eigenvalue weighted by atomic mass is 10.2. The van der Waals surface area contributed by atoms with Crippen LogP contribution in [0.15, 0.2) is 24.3 Å². The first-order valence-electron chi connectivity index (χ1n) is 6.48. The molecule has 106 valence electrons. The van der Waals surface area contributed by atoms with Crippen molar-refractivity contribution in [1.29, 1.82) is 0 Å². The average molecular weight is 276 g/mol. The molecule has 2 aromatic rings. The van der Waals surface area contributed by atoms with Gasteiger partial charge in [0.2, 0.25) is 0 Å². The van der Waals surface area contributed by atoms with E-state index in [0.29, 0.717) is 24.3 Å². The highest BCUT2D eigenvalue weighted by molar-refractivity contribution is 6.08. The summed E-state index contributed by atoms with van der Waals surface area (Å²) in [4.78, 5) is 13.9. The number of rotatable bonds is 4. The van der Waals surface area contributed by atoms with E-state index in [1.807, 2.05) is 13.8 Å². The molecule has 0 spiro atoms. The molecule has 5 nitrogen and oxygen atoms in total. The zero-order valence-electron chi connectivity index (χ0n) is 11.5. The van der Waals surface area contributed by atoms with Crippen LogP contribution in [-0.2, 0) is 6.42 Å². The molecule has 1 amide bonds. The number of carbonyl (C=O) groups excluding carboxylic acids is 1. The Labute approximate surface area is 116 Å². The number of nitrogen functional groups attached to an aromatic ring is 1. The largest absolute Gasteiger partial charge is 0.395 e. The molecule has 0 unspecified atom stereocenters. The van der Waals surface area contributed by atoms with E-state index >= 15 is 0 Å². The van der Waals surface area contributed by atoms with E-state index in [-0.39, 0.29) is 11.6 Å². The van der Waals surface area contributed by atoms with Crippen molar-refractivity contribution >= 4 is 17.3 Å². The predicted octanol–water partition coefficient (Wildman–Crippen LogP) is 2.36. The highest BCUT2D eigenvalue weighted by atomic mass is 19.1. The van der Waals surface area contributed by atoms with Gasteiger partial charge in [-0.25, -0.2) is 4.39 Å². The topological polar surface area (TPSA) is 75.0 Å². The van der Waals surface area contributed by atoms with Crippen molar-refractivity contribution in [3.63, 3.8) is 0 Å². The first-order chi connectivity index (χ1) is 9.58. The molecular weight excluding hydrogens is 259 g/mol. The zero-order chi connectivity index (χ0) is 14.7. The highest BCUT2D eigenvalue weighted by Gasteiger charge is 2.22. The minimum atomic E-state index is -0.391. The van der Waals surface area contributed by atoms with Gasteiger partial charge in [-0.1, -0.05) is 13.0 Å². The predicted molar refractivity (Wildman–Crippen MR) is 76.1 cm³/mol.